The van der Waals surface area contributed by atoms with Gasteiger partial charge in [0.1, 0.15) is 6.04 Å². The summed E-state index contributed by atoms with van der Waals surface area (Å²) in [5.41, 5.74) is 7.81. The van der Waals surface area contributed by atoms with Gasteiger partial charge in [0, 0.05) is 24.4 Å². The zero-order chi connectivity index (χ0) is 30.0. The zero-order valence-electron chi connectivity index (χ0n) is 21.4. The van der Waals surface area contributed by atoms with Gasteiger partial charge in [-0.15, -0.1) is 11.3 Å². The molecule has 0 radical (unpaired) electrons. The van der Waals surface area contributed by atoms with Gasteiger partial charge in [-0.1, -0.05) is 35.3 Å². The van der Waals surface area contributed by atoms with Gasteiger partial charge in [0.2, 0.25) is 5.91 Å². The molecule has 3 N–H and O–H groups in total. The van der Waals surface area contributed by atoms with Crippen molar-refractivity contribution in [1.82, 2.24) is 20.1 Å². The first kappa shape index (κ1) is 29.3. The fraction of sp³-hybridized carbons (Fsp3) is 0.103. The van der Waals surface area contributed by atoms with Crippen molar-refractivity contribution in [3.8, 4) is 27.5 Å². The molecule has 1 atom stereocenters. The number of nitrogens with two attached hydrogens (primary N) is 1. The topological polar surface area (TPSA) is 103 Å². The molecule has 13 heteroatoms. The lowest BCUT2D eigenvalue weighted by atomic mass is 10.0. The van der Waals surface area contributed by atoms with Crippen molar-refractivity contribution in [3.63, 3.8) is 0 Å². The fourth-order valence-corrected chi connectivity index (χ4v) is 5.34. The summed E-state index contributed by atoms with van der Waals surface area (Å²) in [4.78, 5) is 30.4. The van der Waals surface area contributed by atoms with E-state index < -0.39 is 29.6 Å². The molecule has 0 spiro atoms. The monoisotopic (exact) mass is 629 g/mol. The van der Waals surface area contributed by atoms with Gasteiger partial charge in [-0.25, -0.2) is 4.68 Å². The summed E-state index contributed by atoms with van der Waals surface area (Å²) in [5, 5.41) is 8.06. The summed E-state index contributed by atoms with van der Waals surface area (Å²) < 4.78 is 40.3. The van der Waals surface area contributed by atoms with E-state index in [-0.39, 0.29) is 11.3 Å². The molecule has 0 saturated carbocycles. The highest BCUT2D eigenvalue weighted by Crippen LogP contribution is 2.35. The fourth-order valence-electron chi connectivity index (χ4n) is 4.14. The second-order valence-corrected chi connectivity index (χ2v) is 11.1. The molecule has 0 saturated heterocycles. The van der Waals surface area contributed by atoms with Crippen molar-refractivity contribution < 1.29 is 22.8 Å². The summed E-state index contributed by atoms with van der Waals surface area (Å²) >= 11 is 13.5. The minimum Gasteiger partial charge on any atom is -0.368 e. The van der Waals surface area contributed by atoms with Crippen LogP contribution in [0.2, 0.25) is 10.0 Å². The van der Waals surface area contributed by atoms with Crippen LogP contribution < -0.4 is 11.1 Å². The highest BCUT2D eigenvalue weighted by Gasteiger charge is 2.30. The number of hydrogen-bond acceptors (Lipinski definition) is 5. The van der Waals surface area contributed by atoms with Gasteiger partial charge in [0.15, 0.2) is 0 Å². The van der Waals surface area contributed by atoms with Gasteiger partial charge in [-0.2, -0.15) is 18.3 Å². The molecule has 214 valence electrons. The molecular weight excluding hydrogens is 610 g/mol. The SMILES string of the molecule is NC(=O)C(Cc1ccc(C(F)(F)F)cc1)NC(=O)c1ccc(-c2cc(-c3cccnc3)nn2-c2ccc(Cl)c(Cl)c2)s1. The van der Waals surface area contributed by atoms with Gasteiger partial charge in [0.25, 0.3) is 5.91 Å². The van der Waals surface area contributed by atoms with Crippen LogP contribution in [-0.4, -0.2) is 32.6 Å². The third-order valence-electron chi connectivity index (χ3n) is 6.27. The summed E-state index contributed by atoms with van der Waals surface area (Å²) in [7, 11) is 0. The van der Waals surface area contributed by atoms with E-state index in [4.69, 9.17) is 34.0 Å². The van der Waals surface area contributed by atoms with Crippen molar-refractivity contribution in [2.75, 3.05) is 0 Å². The number of benzene rings is 2. The zero-order valence-corrected chi connectivity index (χ0v) is 23.7. The molecule has 1 unspecified atom stereocenters. The minimum absolute atomic E-state index is 0.0734. The Morgan fingerprint density at radius 1 is 1.00 bits per heavy atom. The number of rotatable bonds is 8. The third-order valence-corrected chi connectivity index (χ3v) is 8.11. The number of carbonyl (C=O) groups is 2. The minimum atomic E-state index is -4.49. The van der Waals surface area contributed by atoms with Gasteiger partial charge in [-0.05, 0) is 66.2 Å². The lowest BCUT2D eigenvalue weighted by Gasteiger charge is -2.15. The number of thiophene rings is 1. The predicted molar refractivity (Wildman–Crippen MR) is 156 cm³/mol. The Balaban J connectivity index is 1.41. The molecule has 2 amide bonds. The molecule has 7 nitrogen and oxygen atoms in total. The van der Waals surface area contributed by atoms with Crippen LogP contribution in [0, 0.1) is 0 Å². The summed E-state index contributed by atoms with van der Waals surface area (Å²) in [6.45, 7) is 0. The van der Waals surface area contributed by atoms with Crippen LogP contribution >= 0.6 is 34.5 Å². The van der Waals surface area contributed by atoms with Crippen LogP contribution in [0.1, 0.15) is 20.8 Å². The number of carbonyl (C=O) groups excluding carboxylic acids is 2. The van der Waals surface area contributed by atoms with Crippen LogP contribution in [0.4, 0.5) is 13.2 Å². The molecule has 3 heterocycles. The number of hydrogen-bond donors (Lipinski definition) is 2. The van der Waals surface area contributed by atoms with E-state index in [1.807, 2.05) is 12.1 Å². The molecule has 2 aromatic carbocycles. The molecule has 5 aromatic rings. The second kappa shape index (κ2) is 12.0. The van der Waals surface area contributed by atoms with E-state index in [0.29, 0.717) is 37.6 Å². The highest BCUT2D eigenvalue weighted by molar-refractivity contribution is 7.17. The van der Waals surface area contributed by atoms with E-state index in [2.05, 4.69) is 10.3 Å². The number of amides is 2. The van der Waals surface area contributed by atoms with Crippen LogP contribution in [0.15, 0.2) is 85.2 Å². The van der Waals surface area contributed by atoms with Crippen molar-refractivity contribution in [2.45, 2.75) is 18.6 Å². The molecule has 0 fully saturated rings. The summed E-state index contributed by atoms with van der Waals surface area (Å²) in [6.07, 6.45) is -1.22. The summed E-state index contributed by atoms with van der Waals surface area (Å²) in [5.74, 6) is -1.38. The van der Waals surface area contributed by atoms with E-state index in [1.54, 1.807) is 53.5 Å². The Labute approximate surface area is 251 Å². The molecule has 5 rings (SSSR count). The number of aromatic nitrogens is 3. The molecule has 0 aliphatic heterocycles. The maximum Gasteiger partial charge on any atom is 0.416 e. The van der Waals surface area contributed by atoms with Crippen molar-refractivity contribution in [1.29, 1.82) is 0 Å². The van der Waals surface area contributed by atoms with Crippen molar-refractivity contribution in [2.24, 2.45) is 5.73 Å². The largest absolute Gasteiger partial charge is 0.416 e. The maximum absolute atomic E-state index is 13.1. The van der Waals surface area contributed by atoms with E-state index in [0.717, 1.165) is 29.0 Å². The first-order valence-corrected chi connectivity index (χ1v) is 13.9. The first-order chi connectivity index (χ1) is 20.0. The van der Waals surface area contributed by atoms with Crippen LogP contribution in [0.25, 0.3) is 27.5 Å². The normalized spacial score (nSPS) is 12.2. The Morgan fingerprint density at radius 3 is 2.40 bits per heavy atom. The number of primary amides is 1. The van der Waals surface area contributed by atoms with Gasteiger partial charge >= 0.3 is 6.18 Å². The molecule has 0 bridgehead atoms. The Bertz CT molecular complexity index is 1760. The maximum atomic E-state index is 13.1. The first-order valence-electron chi connectivity index (χ1n) is 12.3. The quantitative estimate of drug-likeness (QED) is 0.197. The molecule has 3 aromatic heterocycles. The number of nitrogens with one attached hydrogen (secondary N) is 1. The van der Waals surface area contributed by atoms with E-state index in [1.165, 1.54) is 12.1 Å². The molecule has 0 aliphatic rings. The second-order valence-electron chi connectivity index (χ2n) is 9.16. The highest BCUT2D eigenvalue weighted by atomic mass is 35.5. The van der Waals surface area contributed by atoms with Crippen LogP contribution in [0.3, 0.4) is 0 Å². The van der Waals surface area contributed by atoms with Gasteiger partial charge < -0.3 is 11.1 Å². The van der Waals surface area contributed by atoms with Crippen molar-refractivity contribution in [3.05, 3.63) is 111 Å². The Morgan fingerprint density at radius 2 is 1.76 bits per heavy atom. The lowest BCUT2D eigenvalue weighted by Crippen LogP contribution is -2.45. The number of alkyl halides is 3. The van der Waals surface area contributed by atoms with Gasteiger partial charge in [-0.3, -0.25) is 14.6 Å². The van der Waals surface area contributed by atoms with Crippen LogP contribution in [0.5, 0.6) is 0 Å². The predicted octanol–water partition coefficient (Wildman–Crippen LogP) is 6.81. The number of pyridine rings is 1. The average Bonchev–Trinajstić information content (AvgIpc) is 3.62. The Kier molecular flexibility index (Phi) is 8.35. The van der Waals surface area contributed by atoms with E-state index in [9.17, 15) is 22.8 Å². The number of halogens is 5. The molecule has 42 heavy (non-hydrogen) atoms. The average molecular weight is 630 g/mol. The standard InChI is InChI=1S/C29H20Cl2F3N5O2S/c30-20-8-7-19(13-21(20)31)39-24(14-22(38-39)17-2-1-11-36-15-17)25-9-10-26(42-25)28(41)37-23(27(35)40)12-16-3-5-18(6-4-16)29(32,33)34/h1-11,13-15,23H,12H2,(H2,35,40)(H,37,41). The van der Waals surface area contributed by atoms with Crippen LogP contribution in [-0.2, 0) is 17.4 Å². The van der Waals surface area contributed by atoms with E-state index >= 15 is 0 Å². The van der Waals surface area contributed by atoms with Crippen molar-refractivity contribution >= 4 is 46.4 Å². The third kappa shape index (κ3) is 6.48. The lowest BCUT2D eigenvalue weighted by molar-refractivity contribution is -0.137. The number of nitrogens with zero attached hydrogens (tertiary/aromatic N) is 3. The summed E-state index contributed by atoms with van der Waals surface area (Å²) in [6, 6.07) is 17.1. The molecule has 0 aliphatic carbocycles. The Hall–Kier alpha value is -4.19. The van der Waals surface area contributed by atoms with Gasteiger partial charge in [0.05, 0.1) is 42.4 Å². The smallest absolute Gasteiger partial charge is 0.368 e. The molecular formula is C29H20Cl2F3N5O2S.